The number of phenolic OH excluding ortho intramolecular Hbond substituents is 1. The molecule has 1 amide bonds. The first-order valence-corrected chi connectivity index (χ1v) is 8.52. The minimum absolute atomic E-state index is 0.0907. The van der Waals surface area contributed by atoms with Crippen LogP contribution in [0.25, 0.3) is 0 Å². The summed E-state index contributed by atoms with van der Waals surface area (Å²) in [5, 5.41) is 13.7. The van der Waals surface area contributed by atoms with Crippen LogP contribution in [0.5, 0.6) is 11.5 Å². The van der Waals surface area contributed by atoms with Crippen molar-refractivity contribution < 1.29 is 14.6 Å². The summed E-state index contributed by atoms with van der Waals surface area (Å²) in [5.74, 6) is 0.0918. The first-order valence-electron chi connectivity index (χ1n) is 8.52. The van der Waals surface area contributed by atoms with Crippen molar-refractivity contribution >= 4 is 12.1 Å². The van der Waals surface area contributed by atoms with Gasteiger partial charge < -0.3 is 9.84 Å². The summed E-state index contributed by atoms with van der Waals surface area (Å²) >= 11 is 0. The lowest BCUT2D eigenvalue weighted by molar-refractivity contribution is 0.0952. The maximum Gasteiger partial charge on any atom is 0.275 e. The molecule has 0 heterocycles. The molecule has 0 unspecified atom stereocenters. The van der Waals surface area contributed by atoms with Gasteiger partial charge in [-0.25, -0.2) is 5.43 Å². The highest BCUT2D eigenvalue weighted by Crippen LogP contribution is 2.18. The fourth-order valence-corrected chi connectivity index (χ4v) is 2.57. The number of benzene rings is 3. The van der Waals surface area contributed by atoms with Crippen LogP contribution < -0.4 is 10.2 Å². The number of phenols is 1. The molecule has 0 bridgehead atoms. The van der Waals surface area contributed by atoms with Crippen LogP contribution in [-0.2, 0) is 6.61 Å². The Morgan fingerprint density at radius 2 is 1.85 bits per heavy atom. The number of hydrogen-bond acceptors (Lipinski definition) is 4. The summed E-state index contributed by atoms with van der Waals surface area (Å²) in [6.07, 6.45) is 1.52. The van der Waals surface area contributed by atoms with Gasteiger partial charge in [-0.1, -0.05) is 54.1 Å². The lowest BCUT2D eigenvalue weighted by Crippen LogP contribution is -2.17. The number of ether oxygens (including phenoxy) is 1. The van der Waals surface area contributed by atoms with Crippen molar-refractivity contribution in [3.63, 3.8) is 0 Å². The van der Waals surface area contributed by atoms with Gasteiger partial charge in [0.25, 0.3) is 5.91 Å². The molecule has 27 heavy (non-hydrogen) atoms. The first-order chi connectivity index (χ1) is 13.1. The van der Waals surface area contributed by atoms with Gasteiger partial charge in [0.1, 0.15) is 18.1 Å². The molecule has 0 aliphatic rings. The molecule has 3 aromatic carbocycles. The molecule has 2 N–H and O–H groups in total. The van der Waals surface area contributed by atoms with Gasteiger partial charge in [0.2, 0.25) is 0 Å². The average molecular weight is 360 g/mol. The van der Waals surface area contributed by atoms with Crippen molar-refractivity contribution in [2.45, 2.75) is 13.5 Å². The quantitative estimate of drug-likeness (QED) is 0.515. The SMILES string of the molecule is Cc1cccc(COc2ccccc2/C=N\NC(=O)c2ccccc2O)c1. The molecule has 0 spiro atoms. The number of hydrogen-bond donors (Lipinski definition) is 2. The summed E-state index contributed by atoms with van der Waals surface area (Å²) in [6.45, 7) is 2.48. The minimum atomic E-state index is -0.484. The van der Waals surface area contributed by atoms with Gasteiger partial charge in [-0.2, -0.15) is 5.10 Å². The van der Waals surface area contributed by atoms with Crippen LogP contribution in [-0.4, -0.2) is 17.2 Å². The summed E-state index contributed by atoms with van der Waals surface area (Å²) in [4.78, 5) is 12.1. The van der Waals surface area contributed by atoms with Gasteiger partial charge in [-0.05, 0) is 36.8 Å². The highest BCUT2D eigenvalue weighted by molar-refractivity contribution is 5.97. The van der Waals surface area contributed by atoms with Gasteiger partial charge in [0.05, 0.1) is 11.8 Å². The zero-order chi connectivity index (χ0) is 19.1. The monoisotopic (exact) mass is 360 g/mol. The average Bonchev–Trinajstić information content (AvgIpc) is 2.67. The van der Waals surface area contributed by atoms with Crippen LogP contribution in [0.3, 0.4) is 0 Å². The second kappa shape index (κ2) is 8.67. The molecular weight excluding hydrogens is 340 g/mol. The number of carbonyl (C=O) groups is 1. The van der Waals surface area contributed by atoms with Crippen molar-refractivity contribution in [1.29, 1.82) is 0 Å². The Morgan fingerprint density at radius 1 is 1.07 bits per heavy atom. The van der Waals surface area contributed by atoms with Gasteiger partial charge >= 0.3 is 0 Å². The van der Waals surface area contributed by atoms with Crippen molar-refractivity contribution in [2.24, 2.45) is 5.10 Å². The largest absolute Gasteiger partial charge is 0.507 e. The fourth-order valence-electron chi connectivity index (χ4n) is 2.57. The summed E-state index contributed by atoms with van der Waals surface area (Å²) < 4.78 is 5.90. The van der Waals surface area contributed by atoms with Crippen molar-refractivity contribution in [3.05, 3.63) is 95.1 Å². The molecule has 0 atom stereocenters. The maximum atomic E-state index is 12.1. The van der Waals surface area contributed by atoms with E-state index >= 15 is 0 Å². The van der Waals surface area contributed by atoms with Gasteiger partial charge in [-0.3, -0.25) is 4.79 Å². The molecule has 0 aliphatic carbocycles. The molecule has 0 radical (unpaired) electrons. The third kappa shape index (κ3) is 4.95. The molecule has 5 heteroatoms. The summed E-state index contributed by atoms with van der Waals surface area (Å²) in [6, 6.07) is 21.9. The Hall–Kier alpha value is -3.60. The van der Waals surface area contributed by atoms with Gasteiger partial charge in [0, 0.05) is 5.56 Å². The topological polar surface area (TPSA) is 70.9 Å². The lowest BCUT2D eigenvalue weighted by Gasteiger charge is -2.09. The van der Waals surface area contributed by atoms with Crippen molar-refractivity contribution in [1.82, 2.24) is 5.43 Å². The van der Waals surface area contributed by atoms with E-state index in [1.165, 1.54) is 23.9 Å². The van der Waals surface area contributed by atoms with Crippen LogP contribution in [0.1, 0.15) is 27.0 Å². The number of hydrazone groups is 1. The van der Waals surface area contributed by atoms with E-state index in [0.29, 0.717) is 12.4 Å². The lowest BCUT2D eigenvalue weighted by atomic mass is 10.1. The van der Waals surface area contributed by atoms with E-state index in [1.54, 1.807) is 12.1 Å². The molecule has 3 aromatic rings. The highest BCUT2D eigenvalue weighted by atomic mass is 16.5. The number of nitrogens with one attached hydrogen (secondary N) is 1. The third-order valence-corrected chi connectivity index (χ3v) is 3.91. The number of aryl methyl sites for hydroxylation is 1. The Balaban J connectivity index is 1.66. The van der Waals surface area contributed by atoms with Crippen LogP contribution in [0, 0.1) is 6.92 Å². The number of aromatic hydroxyl groups is 1. The van der Waals surface area contributed by atoms with Crippen LogP contribution in [0.4, 0.5) is 0 Å². The Morgan fingerprint density at radius 3 is 2.67 bits per heavy atom. The van der Waals surface area contributed by atoms with E-state index in [2.05, 4.69) is 16.6 Å². The van der Waals surface area contributed by atoms with E-state index in [4.69, 9.17) is 4.74 Å². The summed E-state index contributed by atoms with van der Waals surface area (Å²) in [7, 11) is 0. The number of nitrogens with zero attached hydrogens (tertiary/aromatic N) is 1. The second-order valence-electron chi connectivity index (χ2n) is 6.03. The molecule has 0 saturated carbocycles. The molecular formula is C22H20N2O3. The zero-order valence-corrected chi connectivity index (χ0v) is 14.9. The normalized spacial score (nSPS) is 10.7. The number of rotatable bonds is 6. The molecule has 5 nitrogen and oxygen atoms in total. The smallest absolute Gasteiger partial charge is 0.275 e. The molecule has 0 aromatic heterocycles. The number of para-hydroxylation sites is 2. The predicted octanol–water partition coefficient (Wildman–Crippen LogP) is 4.04. The van der Waals surface area contributed by atoms with Crippen molar-refractivity contribution in [2.75, 3.05) is 0 Å². The zero-order valence-electron chi connectivity index (χ0n) is 14.9. The number of carbonyl (C=O) groups excluding carboxylic acids is 1. The van der Waals surface area contributed by atoms with Gasteiger partial charge in [0.15, 0.2) is 0 Å². The highest BCUT2D eigenvalue weighted by Gasteiger charge is 2.09. The van der Waals surface area contributed by atoms with E-state index in [1.807, 2.05) is 49.4 Å². The molecule has 0 aliphatic heterocycles. The van der Waals surface area contributed by atoms with Crippen LogP contribution in [0.15, 0.2) is 77.9 Å². The summed E-state index contributed by atoms with van der Waals surface area (Å²) in [5.41, 5.74) is 5.57. The van der Waals surface area contributed by atoms with Crippen LogP contribution in [0.2, 0.25) is 0 Å². The predicted molar refractivity (Wildman–Crippen MR) is 105 cm³/mol. The molecule has 0 fully saturated rings. The van der Waals surface area contributed by atoms with E-state index in [-0.39, 0.29) is 11.3 Å². The molecule has 136 valence electrons. The molecule has 3 rings (SSSR count). The van der Waals surface area contributed by atoms with E-state index < -0.39 is 5.91 Å². The maximum absolute atomic E-state index is 12.1. The van der Waals surface area contributed by atoms with E-state index in [9.17, 15) is 9.90 Å². The Labute approximate surface area is 157 Å². The molecule has 0 saturated heterocycles. The fraction of sp³-hybridized carbons (Fsp3) is 0.0909. The standard InChI is InChI=1S/C22H20N2O3/c1-16-7-6-8-17(13-16)15-27-21-12-5-2-9-18(21)14-23-24-22(26)19-10-3-4-11-20(19)25/h2-14,25H,15H2,1H3,(H,24,26)/b23-14-. The van der Waals surface area contributed by atoms with Gasteiger partial charge in [-0.15, -0.1) is 0 Å². The Kier molecular flexibility index (Phi) is 5.84. The first kappa shape index (κ1) is 18.2. The van der Waals surface area contributed by atoms with E-state index in [0.717, 1.165) is 11.1 Å². The van der Waals surface area contributed by atoms with Crippen LogP contribution >= 0.6 is 0 Å². The second-order valence-corrected chi connectivity index (χ2v) is 6.03. The van der Waals surface area contributed by atoms with Crippen molar-refractivity contribution in [3.8, 4) is 11.5 Å². The minimum Gasteiger partial charge on any atom is -0.507 e. The third-order valence-electron chi connectivity index (χ3n) is 3.91. The Bertz CT molecular complexity index is 967. The number of amides is 1.